The summed E-state index contributed by atoms with van der Waals surface area (Å²) < 4.78 is 13.0. The van der Waals surface area contributed by atoms with E-state index in [1.54, 1.807) is 13.8 Å². The summed E-state index contributed by atoms with van der Waals surface area (Å²) in [6.07, 6.45) is 3.44. The van der Waals surface area contributed by atoms with E-state index < -0.39 is 17.6 Å². The molecule has 4 rings (SSSR count). The number of rotatable bonds is 9. The Balaban J connectivity index is 1.59. The zero-order valence-corrected chi connectivity index (χ0v) is 24.5. The molecule has 1 atom stereocenters. The number of nitrogens with zero attached hydrogens (tertiary/aromatic N) is 3. The molecule has 0 radical (unpaired) electrons. The highest BCUT2D eigenvalue weighted by Crippen LogP contribution is 2.38. The van der Waals surface area contributed by atoms with Crippen molar-refractivity contribution in [1.29, 1.82) is 0 Å². The van der Waals surface area contributed by atoms with Gasteiger partial charge in [0, 0.05) is 5.56 Å². The molecular formula is C30H37N5O4S. The van der Waals surface area contributed by atoms with Crippen molar-refractivity contribution in [1.82, 2.24) is 25.6 Å². The highest BCUT2D eigenvalue weighted by Gasteiger charge is 2.46. The van der Waals surface area contributed by atoms with Crippen molar-refractivity contribution in [3.8, 4) is 11.3 Å². The summed E-state index contributed by atoms with van der Waals surface area (Å²) in [6.45, 7) is 9.77. The quantitative estimate of drug-likeness (QED) is 0.254. The molecule has 1 saturated carbocycles. The van der Waals surface area contributed by atoms with Crippen molar-refractivity contribution < 1.29 is 19.1 Å². The lowest BCUT2D eigenvalue weighted by atomic mass is 9.75. The first-order valence-corrected chi connectivity index (χ1v) is 13.9. The van der Waals surface area contributed by atoms with Crippen molar-refractivity contribution in [2.75, 3.05) is 0 Å². The third-order valence-electron chi connectivity index (χ3n) is 6.35. The van der Waals surface area contributed by atoms with Gasteiger partial charge >= 0.3 is 12.1 Å². The van der Waals surface area contributed by atoms with Crippen molar-refractivity contribution >= 4 is 29.4 Å². The van der Waals surface area contributed by atoms with Gasteiger partial charge in [-0.1, -0.05) is 80.6 Å². The summed E-state index contributed by atoms with van der Waals surface area (Å²) in [7, 11) is 0. The molecule has 3 aromatic rings. The molecule has 2 aromatic carbocycles. The fourth-order valence-electron chi connectivity index (χ4n) is 4.50. The number of nitrogens with one attached hydrogen (secondary N) is 2. The van der Waals surface area contributed by atoms with Crippen molar-refractivity contribution in [3.05, 3.63) is 71.9 Å². The number of amides is 1. The molecule has 1 aliphatic rings. The van der Waals surface area contributed by atoms with Gasteiger partial charge < -0.3 is 14.8 Å². The Bertz CT molecular complexity index is 1330. The number of hydrogen-bond acceptors (Lipinski definition) is 7. The van der Waals surface area contributed by atoms with Gasteiger partial charge in [0.25, 0.3) is 0 Å². The Labute approximate surface area is 240 Å². The first-order chi connectivity index (χ1) is 18.9. The fraction of sp³-hybridized carbons (Fsp3) is 0.433. The normalized spacial score (nSPS) is 14.8. The average molecular weight is 564 g/mol. The molecule has 0 unspecified atom stereocenters. The van der Waals surface area contributed by atoms with Gasteiger partial charge in [-0.05, 0) is 61.9 Å². The minimum Gasteiger partial charge on any atom is -0.461 e. The van der Waals surface area contributed by atoms with E-state index in [1.165, 1.54) is 0 Å². The molecule has 1 aromatic heterocycles. The van der Waals surface area contributed by atoms with Crippen LogP contribution >= 0.6 is 12.2 Å². The molecule has 1 aliphatic carbocycles. The number of ether oxygens (including phenoxy) is 2. The number of esters is 1. The van der Waals surface area contributed by atoms with Crippen LogP contribution in [-0.4, -0.2) is 38.3 Å². The zero-order chi connectivity index (χ0) is 28.9. The number of carbonyl (C=O) groups is 2. The molecule has 2 N–H and O–H groups in total. The van der Waals surface area contributed by atoms with E-state index in [0.717, 1.165) is 29.7 Å². The van der Waals surface area contributed by atoms with E-state index in [4.69, 9.17) is 21.7 Å². The van der Waals surface area contributed by atoms with Crippen LogP contribution in [0.5, 0.6) is 0 Å². The topological polar surface area (TPSA) is 107 Å². The maximum atomic E-state index is 13.8. The Hall–Kier alpha value is -3.79. The van der Waals surface area contributed by atoms with Gasteiger partial charge in [0.15, 0.2) is 10.7 Å². The minimum atomic E-state index is -1.38. The fourth-order valence-corrected chi connectivity index (χ4v) is 4.76. The number of thiocarbonyl (C=S) groups is 1. The Morgan fingerprint density at radius 1 is 1.07 bits per heavy atom. The second kappa shape index (κ2) is 12.2. The lowest BCUT2D eigenvalue weighted by molar-refractivity contribution is -0.157. The van der Waals surface area contributed by atoms with Crippen LogP contribution < -0.4 is 10.6 Å². The molecule has 1 fully saturated rings. The summed E-state index contributed by atoms with van der Waals surface area (Å²) in [5.41, 5.74) is 1.43. The zero-order valence-electron chi connectivity index (χ0n) is 23.6. The molecule has 10 heteroatoms. The van der Waals surface area contributed by atoms with Crippen LogP contribution in [0.25, 0.3) is 11.3 Å². The predicted octanol–water partition coefficient (Wildman–Crippen LogP) is 5.66. The molecule has 1 amide bonds. The van der Waals surface area contributed by atoms with Crippen LogP contribution in [0.4, 0.5) is 4.79 Å². The molecular weight excluding hydrogens is 526 g/mol. The molecule has 40 heavy (non-hydrogen) atoms. The van der Waals surface area contributed by atoms with E-state index in [0.29, 0.717) is 18.0 Å². The smallest absolute Gasteiger partial charge is 0.413 e. The number of aromatic nitrogens is 3. The summed E-state index contributed by atoms with van der Waals surface area (Å²) in [6, 6.07) is 17.3. The van der Waals surface area contributed by atoms with E-state index in [9.17, 15) is 9.59 Å². The van der Waals surface area contributed by atoms with Crippen LogP contribution in [0.2, 0.25) is 0 Å². The molecule has 0 aliphatic heterocycles. The molecule has 212 valence electrons. The highest BCUT2D eigenvalue weighted by molar-refractivity contribution is 7.80. The van der Waals surface area contributed by atoms with Crippen LogP contribution in [0.1, 0.15) is 71.0 Å². The summed E-state index contributed by atoms with van der Waals surface area (Å²) in [4.78, 5) is 26.4. The highest BCUT2D eigenvalue weighted by atomic mass is 32.1. The summed E-state index contributed by atoms with van der Waals surface area (Å²) in [5.74, 6) is -0.494. The second-order valence-corrected chi connectivity index (χ2v) is 12.0. The maximum Gasteiger partial charge on any atom is 0.413 e. The standard InChI is InChI=1S/C30H37N5O4S/c1-20(2)39-26(36)30(19-29(3,4)5,32-27(40)31-28(37)38-18-21-9-7-6-8-10-21)23-13-11-22(12-14-23)25-17-35(34-33-25)24-15-16-24/h6-14,17,20,24H,15-16,18-19H2,1-5H3,(H2,31,32,37,40)/t30-/m1/s1. The lowest BCUT2D eigenvalue weighted by Gasteiger charge is -2.39. The van der Waals surface area contributed by atoms with Crippen LogP contribution in [0.15, 0.2) is 60.8 Å². The molecule has 1 heterocycles. The molecule has 9 nitrogen and oxygen atoms in total. The predicted molar refractivity (Wildman–Crippen MR) is 156 cm³/mol. The molecule has 0 saturated heterocycles. The van der Waals surface area contributed by atoms with E-state index in [2.05, 4.69) is 20.9 Å². The minimum absolute atomic E-state index is 0.0422. The van der Waals surface area contributed by atoms with Gasteiger partial charge in [-0.15, -0.1) is 5.10 Å². The second-order valence-electron chi connectivity index (χ2n) is 11.6. The lowest BCUT2D eigenvalue weighted by Crippen LogP contribution is -2.58. The summed E-state index contributed by atoms with van der Waals surface area (Å²) >= 11 is 5.51. The van der Waals surface area contributed by atoms with Crippen LogP contribution in [0, 0.1) is 5.41 Å². The van der Waals surface area contributed by atoms with Crippen LogP contribution in [-0.2, 0) is 26.4 Å². The monoisotopic (exact) mass is 563 g/mol. The Morgan fingerprint density at radius 3 is 2.35 bits per heavy atom. The first kappa shape index (κ1) is 29.2. The van der Waals surface area contributed by atoms with Gasteiger partial charge in [-0.25, -0.2) is 14.3 Å². The summed E-state index contributed by atoms with van der Waals surface area (Å²) in [5, 5.41) is 14.2. The number of benzene rings is 2. The molecule has 0 bridgehead atoms. The van der Waals surface area contributed by atoms with E-state index in [1.807, 2.05) is 86.2 Å². The average Bonchev–Trinajstić information content (AvgIpc) is 3.62. The Kier molecular flexibility index (Phi) is 8.88. The van der Waals surface area contributed by atoms with Gasteiger partial charge in [0.1, 0.15) is 12.3 Å². The van der Waals surface area contributed by atoms with Crippen molar-refractivity contribution in [3.63, 3.8) is 0 Å². The largest absolute Gasteiger partial charge is 0.461 e. The molecule has 0 spiro atoms. The first-order valence-electron chi connectivity index (χ1n) is 13.5. The van der Waals surface area contributed by atoms with Gasteiger partial charge in [0.05, 0.1) is 18.3 Å². The number of alkyl carbamates (subject to hydrolysis) is 1. The third kappa shape index (κ3) is 7.65. The van der Waals surface area contributed by atoms with E-state index >= 15 is 0 Å². The van der Waals surface area contributed by atoms with E-state index in [-0.39, 0.29) is 23.2 Å². The number of hydrogen-bond donors (Lipinski definition) is 2. The third-order valence-corrected chi connectivity index (χ3v) is 6.55. The van der Waals surface area contributed by atoms with Gasteiger partial charge in [-0.3, -0.25) is 5.32 Å². The van der Waals surface area contributed by atoms with Crippen molar-refractivity contribution in [2.45, 2.75) is 78.2 Å². The van der Waals surface area contributed by atoms with Crippen molar-refractivity contribution in [2.24, 2.45) is 5.41 Å². The van der Waals surface area contributed by atoms with Gasteiger partial charge in [0.2, 0.25) is 0 Å². The van der Waals surface area contributed by atoms with Crippen LogP contribution in [0.3, 0.4) is 0 Å². The number of carbonyl (C=O) groups excluding carboxylic acids is 2. The Morgan fingerprint density at radius 2 is 1.75 bits per heavy atom. The van der Waals surface area contributed by atoms with Gasteiger partial charge in [-0.2, -0.15) is 0 Å². The maximum absolute atomic E-state index is 13.8. The SMILES string of the molecule is CC(C)OC(=O)[C@](CC(C)(C)C)(NC(=S)NC(=O)OCc1ccccc1)c1ccc(-c2cn(C3CC3)nn2)cc1.